The fourth-order valence-electron chi connectivity index (χ4n) is 2.32. The van der Waals surface area contributed by atoms with Crippen molar-refractivity contribution in [3.63, 3.8) is 0 Å². The second kappa shape index (κ2) is 5.83. The Morgan fingerprint density at radius 3 is 2.00 bits per heavy atom. The van der Waals surface area contributed by atoms with E-state index in [0.717, 1.165) is 5.56 Å². The molecule has 0 aliphatic rings. The Hall–Kier alpha value is -1.89. The van der Waals surface area contributed by atoms with Crippen LogP contribution in [-0.2, 0) is 17.6 Å². The molecule has 98 valence electrons. The quantitative estimate of drug-likeness (QED) is 0.804. The minimum atomic E-state index is 0.279. The van der Waals surface area contributed by atoms with E-state index in [0.29, 0.717) is 12.8 Å². The molecule has 0 atom stereocenters. The zero-order valence-electron chi connectivity index (χ0n) is 11.9. The summed E-state index contributed by atoms with van der Waals surface area (Å²) < 4.78 is 0. The molecule has 0 unspecified atom stereocenters. The molecule has 2 aromatic rings. The largest absolute Gasteiger partial charge is 0.299 e. The number of ketones is 1. The Kier molecular flexibility index (Phi) is 4.16. The monoisotopic (exact) mass is 252 g/mol. The summed E-state index contributed by atoms with van der Waals surface area (Å²) in [6.45, 7) is 6.20. The number of hydrogen-bond donors (Lipinski definition) is 0. The predicted molar refractivity (Wildman–Crippen MR) is 79.5 cm³/mol. The molecule has 0 fully saturated rings. The highest BCUT2D eigenvalue weighted by molar-refractivity contribution is 5.83. The lowest BCUT2D eigenvalue weighted by Crippen LogP contribution is -2.09. The van der Waals surface area contributed by atoms with Gasteiger partial charge >= 0.3 is 0 Å². The molecule has 0 aliphatic carbocycles. The van der Waals surface area contributed by atoms with E-state index in [1.165, 1.54) is 22.3 Å². The number of carbonyl (C=O) groups is 1. The average Bonchev–Trinajstić information content (AvgIpc) is 2.37. The van der Waals surface area contributed by atoms with Gasteiger partial charge in [-0.1, -0.05) is 48.0 Å². The SMILES string of the molecule is Cc1ccc(CC(=O)Cc2c(C)cccc2C)cc1. The molecule has 0 aliphatic heterocycles. The fourth-order valence-corrected chi connectivity index (χ4v) is 2.32. The summed E-state index contributed by atoms with van der Waals surface area (Å²) in [6.07, 6.45) is 1.06. The van der Waals surface area contributed by atoms with E-state index in [9.17, 15) is 4.79 Å². The van der Waals surface area contributed by atoms with Gasteiger partial charge in [0.2, 0.25) is 0 Å². The molecule has 0 saturated heterocycles. The van der Waals surface area contributed by atoms with Crippen LogP contribution in [0.4, 0.5) is 0 Å². The van der Waals surface area contributed by atoms with Crippen molar-refractivity contribution in [1.82, 2.24) is 0 Å². The molecule has 0 radical (unpaired) electrons. The van der Waals surface area contributed by atoms with Crippen molar-refractivity contribution in [2.45, 2.75) is 33.6 Å². The number of benzene rings is 2. The van der Waals surface area contributed by atoms with E-state index in [1.54, 1.807) is 0 Å². The van der Waals surface area contributed by atoms with Crippen LogP contribution >= 0.6 is 0 Å². The number of aryl methyl sites for hydroxylation is 3. The molecular formula is C18H20O. The standard InChI is InChI=1S/C18H20O/c1-13-7-9-16(10-8-13)11-17(19)12-18-14(2)5-4-6-15(18)3/h4-10H,11-12H2,1-3H3. The fraction of sp³-hybridized carbons (Fsp3) is 0.278. The van der Waals surface area contributed by atoms with Gasteiger partial charge in [-0.05, 0) is 43.0 Å². The molecule has 2 rings (SSSR count). The number of rotatable bonds is 4. The smallest absolute Gasteiger partial charge is 0.141 e. The first-order valence-electron chi connectivity index (χ1n) is 6.68. The zero-order chi connectivity index (χ0) is 13.8. The highest BCUT2D eigenvalue weighted by atomic mass is 16.1. The Labute approximate surface area is 115 Å². The summed E-state index contributed by atoms with van der Waals surface area (Å²) in [6, 6.07) is 14.4. The highest BCUT2D eigenvalue weighted by Crippen LogP contribution is 2.15. The van der Waals surface area contributed by atoms with E-state index in [1.807, 2.05) is 18.2 Å². The van der Waals surface area contributed by atoms with E-state index in [2.05, 4.69) is 45.0 Å². The Morgan fingerprint density at radius 1 is 0.842 bits per heavy atom. The van der Waals surface area contributed by atoms with Gasteiger partial charge in [0.15, 0.2) is 0 Å². The molecule has 0 bridgehead atoms. The first kappa shape index (κ1) is 13.5. The average molecular weight is 252 g/mol. The topological polar surface area (TPSA) is 17.1 Å². The van der Waals surface area contributed by atoms with Gasteiger partial charge in [-0.3, -0.25) is 4.79 Å². The van der Waals surface area contributed by atoms with Crippen molar-refractivity contribution in [3.05, 3.63) is 70.3 Å². The van der Waals surface area contributed by atoms with Gasteiger partial charge in [0.25, 0.3) is 0 Å². The second-order valence-electron chi connectivity index (χ2n) is 5.25. The summed E-state index contributed by atoms with van der Waals surface area (Å²) in [5.41, 5.74) is 5.92. The van der Waals surface area contributed by atoms with Crippen molar-refractivity contribution < 1.29 is 4.79 Å². The van der Waals surface area contributed by atoms with Gasteiger partial charge in [0.1, 0.15) is 5.78 Å². The van der Waals surface area contributed by atoms with Crippen molar-refractivity contribution in [2.75, 3.05) is 0 Å². The lowest BCUT2D eigenvalue weighted by atomic mass is 9.95. The van der Waals surface area contributed by atoms with Gasteiger partial charge in [-0.15, -0.1) is 0 Å². The van der Waals surface area contributed by atoms with Crippen molar-refractivity contribution in [2.24, 2.45) is 0 Å². The highest BCUT2D eigenvalue weighted by Gasteiger charge is 2.09. The van der Waals surface area contributed by atoms with Crippen LogP contribution in [0.15, 0.2) is 42.5 Å². The third-order valence-electron chi connectivity index (χ3n) is 3.54. The third-order valence-corrected chi connectivity index (χ3v) is 3.54. The van der Waals surface area contributed by atoms with Crippen LogP contribution in [0.25, 0.3) is 0 Å². The molecular weight excluding hydrogens is 232 g/mol. The third kappa shape index (κ3) is 3.54. The molecule has 1 nitrogen and oxygen atoms in total. The predicted octanol–water partition coefficient (Wildman–Crippen LogP) is 3.97. The summed E-state index contributed by atoms with van der Waals surface area (Å²) in [4.78, 5) is 12.2. The number of carbonyl (C=O) groups excluding carboxylic acids is 1. The number of Topliss-reactive ketones (excluding diaryl/α,β-unsaturated/α-hetero) is 1. The second-order valence-corrected chi connectivity index (χ2v) is 5.25. The minimum Gasteiger partial charge on any atom is -0.299 e. The lowest BCUT2D eigenvalue weighted by Gasteiger charge is -2.09. The molecule has 1 heteroatoms. The van der Waals surface area contributed by atoms with Crippen molar-refractivity contribution in [3.8, 4) is 0 Å². The van der Waals surface area contributed by atoms with E-state index < -0.39 is 0 Å². The maximum absolute atomic E-state index is 12.2. The molecule has 19 heavy (non-hydrogen) atoms. The normalized spacial score (nSPS) is 10.5. The van der Waals surface area contributed by atoms with Gasteiger partial charge in [0, 0.05) is 12.8 Å². The van der Waals surface area contributed by atoms with Crippen LogP contribution in [-0.4, -0.2) is 5.78 Å². The first-order chi connectivity index (χ1) is 9.06. The van der Waals surface area contributed by atoms with Crippen LogP contribution in [0, 0.1) is 20.8 Å². The van der Waals surface area contributed by atoms with Gasteiger partial charge in [-0.25, -0.2) is 0 Å². The van der Waals surface area contributed by atoms with Crippen molar-refractivity contribution in [1.29, 1.82) is 0 Å². The molecule has 0 N–H and O–H groups in total. The summed E-state index contributed by atoms with van der Waals surface area (Å²) in [7, 11) is 0. The summed E-state index contributed by atoms with van der Waals surface area (Å²) in [5.74, 6) is 0.279. The molecule has 0 saturated carbocycles. The molecule has 2 aromatic carbocycles. The molecule has 0 spiro atoms. The lowest BCUT2D eigenvalue weighted by molar-refractivity contribution is -0.117. The zero-order valence-corrected chi connectivity index (χ0v) is 11.9. The minimum absolute atomic E-state index is 0.279. The Balaban J connectivity index is 2.07. The Morgan fingerprint density at radius 2 is 1.42 bits per heavy atom. The summed E-state index contributed by atoms with van der Waals surface area (Å²) >= 11 is 0. The molecule has 0 amide bonds. The van der Waals surface area contributed by atoms with Gasteiger partial charge in [-0.2, -0.15) is 0 Å². The molecule has 0 aromatic heterocycles. The van der Waals surface area contributed by atoms with E-state index >= 15 is 0 Å². The first-order valence-corrected chi connectivity index (χ1v) is 6.68. The van der Waals surface area contributed by atoms with Crippen LogP contribution in [0.2, 0.25) is 0 Å². The van der Waals surface area contributed by atoms with Gasteiger partial charge < -0.3 is 0 Å². The maximum Gasteiger partial charge on any atom is 0.141 e. The van der Waals surface area contributed by atoms with E-state index in [-0.39, 0.29) is 5.78 Å². The van der Waals surface area contributed by atoms with Crippen LogP contribution < -0.4 is 0 Å². The van der Waals surface area contributed by atoms with Crippen LogP contribution in [0.3, 0.4) is 0 Å². The maximum atomic E-state index is 12.2. The van der Waals surface area contributed by atoms with Crippen LogP contribution in [0.5, 0.6) is 0 Å². The number of hydrogen-bond acceptors (Lipinski definition) is 1. The summed E-state index contributed by atoms with van der Waals surface area (Å²) in [5, 5.41) is 0. The van der Waals surface area contributed by atoms with Crippen molar-refractivity contribution >= 4 is 5.78 Å². The van der Waals surface area contributed by atoms with Gasteiger partial charge in [0.05, 0.1) is 0 Å². The van der Waals surface area contributed by atoms with Crippen LogP contribution in [0.1, 0.15) is 27.8 Å². The Bertz CT molecular complexity index is 559. The van der Waals surface area contributed by atoms with E-state index in [4.69, 9.17) is 0 Å². The molecule has 0 heterocycles.